The number of likely N-dealkylation sites (N-methyl/N-ethyl adjacent to an activating group) is 1. The van der Waals surface area contributed by atoms with Crippen molar-refractivity contribution in [3.8, 4) is 0 Å². The summed E-state index contributed by atoms with van der Waals surface area (Å²) in [4.78, 5) is 36.7. The first-order chi connectivity index (χ1) is 24.1. The van der Waals surface area contributed by atoms with Crippen molar-refractivity contribution in [1.82, 2.24) is 0 Å². The van der Waals surface area contributed by atoms with Crippen molar-refractivity contribution < 1.29 is 38.2 Å². The number of carbonyl (C=O) groups excluding carboxylic acids is 3. The highest BCUT2D eigenvalue weighted by molar-refractivity contribution is 5.70. The third kappa shape index (κ3) is 32.3. The quantitative estimate of drug-likeness (QED) is 0.0357. The van der Waals surface area contributed by atoms with Crippen molar-refractivity contribution in [2.45, 2.75) is 212 Å². The van der Waals surface area contributed by atoms with Gasteiger partial charge in [0.1, 0.15) is 12.6 Å². The molecule has 50 heavy (non-hydrogen) atoms. The summed E-state index contributed by atoms with van der Waals surface area (Å²) >= 11 is 0. The molecule has 0 aliphatic rings. The van der Waals surface area contributed by atoms with Gasteiger partial charge >= 0.3 is 11.9 Å². The number of esters is 2. The van der Waals surface area contributed by atoms with E-state index in [9.17, 15) is 19.5 Å². The van der Waals surface area contributed by atoms with E-state index in [0.717, 1.165) is 38.5 Å². The molecule has 0 aromatic rings. The van der Waals surface area contributed by atoms with Crippen LogP contribution in [0.2, 0.25) is 0 Å². The largest absolute Gasteiger partial charge is 0.544 e. The third-order valence-electron chi connectivity index (χ3n) is 9.74. The van der Waals surface area contributed by atoms with Gasteiger partial charge in [-0.3, -0.25) is 9.59 Å². The Balaban J connectivity index is 4.31. The van der Waals surface area contributed by atoms with E-state index in [0.29, 0.717) is 12.8 Å². The maximum Gasteiger partial charge on any atom is 0.306 e. The van der Waals surface area contributed by atoms with Crippen LogP contribution in [-0.2, 0) is 28.6 Å². The maximum absolute atomic E-state index is 12.6. The molecule has 0 N–H and O–H groups in total. The second-order valence-electron chi connectivity index (χ2n) is 15.6. The van der Waals surface area contributed by atoms with Gasteiger partial charge in [-0.15, -0.1) is 0 Å². The van der Waals surface area contributed by atoms with Gasteiger partial charge in [0.15, 0.2) is 6.10 Å². The van der Waals surface area contributed by atoms with Crippen LogP contribution >= 0.6 is 0 Å². The number of unbranched alkanes of at least 4 members (excludes halogenated alkanes) is 24. The monoisotopic (exact) mass is 712 g/mol. The molecule has 0 radical (unpaired) electrons. The van der Waals surface area contributed by atoms with Gasteiger partial charge in [-0.2, -0.15) is 0 Å². The Morgan fingerprint density at radius 1 is 0.520 bits per heavy atom. The van der Waals surface area contributed by atoms with E-state index in [4.69, 9.17) is 14.2 Å². The predicted octanol–water partition coefficient (Wildman–Crippen LogP) is 9.64. The molecular formula is C42H81NO7. The SMILES string of the molecule is CCCCCCCCCCCCCCCCCC(=O)OCC(COCCC(C(=O)[O-])[N+](C)(C)C)OC(=O)CCCCCCCCCCCCC. The molecule has 0 aromatic carbocycles. The Morgan fingerprint density at radius 3 is 1.24 bits per heavy atom. The van der Waals surface area contributed by atoms with Crippen molar-refractivity contribution in [1.29, 1.82) is 0 Å². The van der Waals surface area contributed by atoms with Gasteiger partial charge in [0, 0.05) is 19.3 Å². The standard InChI is InChI=1S/C42H81NO7/c1-6-8-10-12-14-16-18-19-20-21-23-24-26-28-30-32-40(44)49-37-38(36-48-35-34-39(42(46)47)43(3,4)5)50-41(45)33-31-29-27-25-22-17-15-13-11-9-7-2/h38-39H,6-37H2,1-5H3. The summed E-state index contributed by atoms with van der Waals surface area (Å²) in [6.07, 6.45) is 32.6. The molecule has 0 bridgehead atoms. The maximum atomic E-state index is 12.6. The highest BCUT2D eigenvalue weighted by Crippen LogP contribution is 2.15. The Bertz CT molecular complexity index is 797. The number of carboxylic acids is 1. The van der Waals surface area contributed by atoms with Crippen LogP contribution in [0.15, 0.2) is 0 Å². The van der Waals surface area contributed by atoms with E-state index >= 15 is 0 Å². The van der Waals surface area contributed by atoms with Crippen molar-refractivity contribution in [3.63, 3.8) is 0 Å². The number of nitrogens with zero attached hydrogens (tertiary/aromatic N) is 1. The Labute approximate surface area is 308 Å². The minimum absolute atomic E-state index is 0.0488. The van der Waals surface area contributed by atoms with Gasteiger partial charge in [-0.1, -0.05) is 168 Å². The van der Waals surface area contributed by atoms with Gasteiger partial charge in [-0.05, 0) is 12.8 Å². The number of carboxylic acid groups (broad SMARTS) is 1. The Morgan fingerprint density at radius 2 is 0.880 bits per heavy atom. The van der Waals surface area contributed by atoms with Crippen molar-refractivity contribution in [2.75, 3.05) is 41.0 Å². The van der Waals surface area contributed by atoms with E-state index < -0.39 is 18.1 Å². The van der Waals surface area contributed by atoms with Gasteiger partial charge in [0.2, 0.25) is 0 Å². The van der Waals surface area contributed by atoms with Crippen LogP contribution in [0.5, 0.6) is 0 Å². The molecule has 8 heteroatoms. The number of ether oxygens (including phenoxy) is 3. The topological polar surface area (TPSA) is 102 Å². The molecule has 0 rings (SSSR count). The fourth-order valence-electron chi connectivity index (χ4n) is 6.42. The van der Waals surface area contributed by atoms with Crippen molar-refractivity contribution in [2.24, 2.45) is 0 Å². The predicted molar refractivity (Wildman–Crippen MR) is 204 cm³/mol. The highest BCUT2D eigenvalue weighted by atomic mass is 16.6. The molecule has 296 valence electrons. The molecule has 0 fully saturated rings. The van der Waals surface area contributed by atoms with Gasteiger partial charge in [-0.25, -0.2) is 0 Å². The third-order valence-corrected chi connectivity index (χ3v) is 9.74. The van der Waals surface area contributed by atoms with E-state index in [-0.39, 0.29) is 42.7 Å². The lowest BCUT2D eigenvalue weighted by molar-refractivity contribution is -0.889. The van der Waals surface area contributed by atoms with Crippen molar-refractivity contribution in [3.05, 3.63) is 0 Å². The van der Waals surface area contributed by atoms with Crippen LogP contribution in [0.1, 0.15) is 200 Å². The lowest BCUT2D eigenvalue weighted by Gasteiger charge is -2.34. The van der Waals surface area contributed by atoms with E-state index in [1.807, 2.05) is 0 Å². The fourth-order valence-corrected chi connectivity index (χ4v) is 6.42. The van der Waals surface area contributed by atoms with Crippen LogP contribution in [-0.4, -0.2) is 75.5 Å². The molecule has 0 saturated carbocycles. The summed E-state index contributed by atoms with van der Waals surface area (Å²) in [7, 11) is 5.41. The lowest BCUT2D eigenvalue weighted by atomic mass is 10.0. The summed E-state index contributed by atoms with van der Waals surface area (Å²) in [6, 6.07) is -0.718. The number of quaternary nitrogens is 1. The summed E-state index contributed by atoms with van der Waals surface area (Å²) in [5.74, 6) is -1.72. The molecular weight excluding hydrogens is 630 g/mol. The summed E-state index contributed by atoms with van der Waals surface area (Å²) in [5.41, 5.74) is 0. The highest BCUT2D eigenvalue weighted by Gasteiger charge is 2.25. The molecule has 0 aromatic heterocycles. The number of hydrogen-bond donors (Lipinski definition) is 0. The fraction of sp³-hybridized carbons (Fsp3) is 0.929. The molecule has 2 unspecified atom stereocenters. The minimum Gasteiger partial charge on any atom is -0.544 e. The number of aliphatic carboxylic acids is 1. The molecule has 0 spiro atoms. The zero-order valence-electron chi connectivity index (χ0n) is 33.6. The molecule has 8 nitrogen and oxygen atoms in total. The molecule has 0 aliphatic carbocycles. The molecule has 0 aliphatic heterocycles. The zero-order valence-corrected chi connectivity index (χ0v) is 33.6. The average molecular weight is 712 g/mol. The van der Waals surface area contributed by atoms with Crippen molar-refractivity contribution >= 4 is 17.9 Å². The van der Waals surface area contributed by atoms with E-state index in [2.05, 4.69) is 13.8 Å². The first-order valence-corrected chi connectivity index (χ1v) is 21.1. The van der Waals surface area contributed by atoms with Crippen LogP contribution in [0, 0.1) is 0 Å². The van der Waals surface area contributed by atoms with E-state index in [1.165, 1.54) is 128 Å². The lowest BCUT2D eigenvalue weighted by Crippen LogP contribution is -2.55. The van der Waals surface area contributed by atoms with Crippen LogP contribution in [0.3, 0.4) is 0 Å². The number of carbonyl (C=O) groups is 3. The van der Waals surface area contributed by atoms with Crippen LogP contribution in [0.25, 0.3) is 0 Å². The first-order valence-electron chi connectivity index (χ1n) is 21.1. The minimum atomic E-state index is -1.12. The zero-order chi connectivity index (χ0) is 37.1. The molecule has 0 heterocycles. The van der Waals surface area contributed by atoms with Gasteiger partial charge in [0.05, 0.1) is 40.3 Å². The molecule has 0 amide bonds. The van der Waals surface area contributed by atoms with Gasteiger partial charge < -0.3 is 28.6 Å². The smallest absolute Gasteiger partial charge is 0.306 e. The number of rotatable bonds is 38. The summed E-state index contributed by atoms with van der Waals surface area (Å²) in [6.45, 7) is 4.68. The molecule has 0 saturated heterocycles. The summed E-state index contributed by atoms with van der Waals surface area (Å²) in [5, 5.41) is 11.6. The second kappa shape index (κ2) is 34.4. The summed E-state index contributed by atoms with van der Waals surface area (Å²) < 4.78 is 17.1. The number of hydrogen-bond acceptors (Lipinski definition) is 7. The second-order valence-corrected chi connectivity index (χ2v) is 15.6. The normalized spacial score (nSPS) is 12.9. The average Bonchev–Trinajstić information content (AvgIpc) is 3.06. The van der Waals surface area contributed by atoms with Crippen LogP contribution in [0.4, 0.5) is 0 Å². The Kier molecular flexibility index (Phi) is 33.3. The first kappa shape index (κ1) is 48.3. The molecule has 2 atom stereocenters. The van der Waals surface area contributed by atoms with E-state index in [1.54, 1.807) is 21.1 Å². The van der Waals surface area contributed by atoms with Crippen LogP contribution < -0.4 is 5.11 Å². The Hall–Kier alpha value is -1.67. The van der Waals surface area contributed by atoms with Gasteiger partial charge in [0.25, 0.3) is 0 Å².